The molecule has 0 atom stereocenters. The Labute approximate surface area is 236 Å². The molecule has 1 aliphatic carbocycles. The molecule has 11 nitrogen and oxygen atoms in total. The van der Waals surface area contributed by atoms with Gasteiger partial charge in [-0.05, 0) is 93.0 Å². The maximum Gasteiger partial charge on any atom is 0.407 e. The summed E-state index contributed by atoms with van der Waals surface area (Å²) in [5, 5.41) is 11.1. The molecule has 4 rings (SSSR count). The smallest absolute Gasteiger partial charge is 0.407 e. The molecule has 0 saturated heterocycles. The number of halogens is 1. The van der Waals surface area contributed by atoms with E-state index in [1.54, 1.807) is 30.6 Å². The van der Waals surface area contributed by atoms with Crippen molar-refractivity contribution in [2.75, 3.05) is 6.61 Å². The number of rotatable bonds is 6. The van der Waals surface area contributed by atoms with Gasteiger partial charge in [0.2, 0.25) is 0 Å². The van der Waals surface area contributed by atoms with Crippen molar-refractivity contribution in [1.29, 1.82) is 0 Å². The molecule has 0 unspecified atom stereocenters. The Hall–Kier alpha value is -4.21. The molecule has 1 saturated carbocycles. The lowest BCUT2D eigenvalue weighted by molar-refractivity contribution is 0.0837. The minimum Gasteiger partial charge on any atom is -0.449 e. The first-order valence-electron chi connectivity index (χ1n) is 12.9. The fourth-order valence-corrected chi connectivity index (χ4v) is 5.13. The normalized spacial score (nSPS) is 18.9. The molecule has 1 aliphatic rings. The first-order chi connectivity index (χ1) is 19.0. The second-order valence-electron chi connectivity index (χ2n) is 10.9. The zero-order valence-corrected chi connectivity index (χ0v) is 23.3. The Morgan fingerprint density at radius 1 is 1.23 bits per heavy atom. The van der Waals surface area contributed by atoms with Gasteiger partial charge in [0.1, 0.15) is 6.61 Å². The van der Waals surface area contributed by atoms with E-state index in [0.717, 1.165) is 5.56 Å². The van der Waals surface area contributed by atoms with E-state index in [9.17, 15) is 14.4 Å². The molecular weight excluding hydrogens is 534 g/mol. The molecule has 1 fully saturated rings. The monoisotopic (exact) mass is 563 g/mol. The zero-order chi connectivity index (χ0) is 28.9. The molecule has 0 aliphatic heterocycles. The maximum absolute atomic E-state index is 13.4. The van der Waals surface area contributed by atoms with Gasteiger partial charge in [-0.2, -0.15) is 5.10 Å². The number of benzene rings is 1. The first-order valence-corrected chi connectivity index (χ1v) is 13.2. The summed E-state index contributed by atoms with van der Waals surface area (Å²) >= 11 is 6.32. The number of azide groups is 1. The Morgan fingerprint density at radius 2 is 1.98 bits per heavy atom. The summed E-state index contributed by atoms with van der Waals surface area (Å²) in [5.41, 5.74) is 8.80. The van der Waals surface area contributed by atoms with Crippen molar-refractivity contribution in [1.82, 2.24) is 20.1 Å². The summed E-state index contributed by atoms with van der Waals surface area (Å²) in [6.07, 6.45) is 4.80. The number of ether oxygens (including phenoxy) is 1. The molecule has 0 bridgehead atoms. The third kappa shape index (κ3) is 6.67. The SMILES string of the molecule is CC(C)(C)NC(=O)OCC1(c2cccc(Cl)c2)CCC(n2nc(-c3cccnc3)cc(C(=O)N=[N+]=[N-])c2=O)CC1. The van der Waals surface area contributed by atoms with Crippen molar-refractivity contribution in [2.45, 2.75) is 63.5 Å². The van der Waals surface area contributed by atoms with E-state index in [0.29, 0.717) is 42.0 Å². The van der Waals surface area contributed by atoms with Gasteiger partial charge in [-0.25, -0.2) is 9.48 Å². The third-order valence-electron chi connectivity index (χ3n) is 6.91. The van der Waals surface area contributed by atoms with Crippen LogP contribution < -0.4 is 10.9 Å². The fourth-order valence-electron chi connectivity index (χ4n) is 4.94. The van der Waals surface area contributed by atoms with Crippen LogP contribution in [-0.4, -0.2) is 38.9 Å². The fraction of sp³-hybridized carbons (Fsp3) is 0.393. The summed E-state index contributed by atoms with van der Waals surface area (Å²) in [7, 11) is 0. The molecule has 40 heavy (non-hydrogen) atoms. The predicted molar refractivity (Wildman–Crippen MR) is 150 cm³/mol. The van der Waals surface area contributed by atoms with Gasteiger partial charge in [0.05, 0.1) is 17.3 Å². The number of nitrogens with zero attached hydrogens (tertiary/aromatic N) is 6. The van der Waals surface area contributed by atoms with Crippen LogP contribution in [0.2, 0.25) is 5.02 Å². The molecule has 2 heterocycles. The average Bonchev–Trinajstić information content (AvgIpc) is 2.92. The van der Waals surface area contributed by atoms with Crippen LogP contribution >= 0.6 is 11.6 Å². The summed E-state index contributed by atoms with van der Waals surface area (Å²) < 4.78 is 7.00. The van der Waals surface area contributed by atoms with Crippen LogP contribution in [0.4, 0.5) is 4.79 Å². The van der Waals surface area contributed by atoms with E-state index >= 15 is 0 Å². The highest BCUT2D eigenvalue weighted by Gasteiger charge is 2.40. The van der Waals surface area contributed by atoms with E-state index < -0.39 is 28.5 Å². The van der Waals surface area contributed by atoms with Gasteiger partial charge in [-0.3, -0.25) is 14.6 Å². The summed E-state index contributed by atoms with van der Waals surface area (Å²) in [5.74, 6) is -0.976. The molecule has 3 aromatic rings. The molecule has 2 aromatic heterocycles. The lowest BCUT2D eigenvalue weighted by atomic mass is 9.68. The quantitative estimate of drug-likeness (QED) is 0.221. The van der Waals surface area contributed by atoms with Crippen LogP contribution in [0.1, 0.15) is 68.4 Å². The van der Waals surface area contributed by atoms with Crippen molar-refractivity contribution in [3.63, 3.8) is 0 Å². The minimum atomic E-state index is -0.976. The van der Waals surface area contributed by atoms with Crippen LogP contribution in [0.3, 0.4) is 0 Å². The van der Waals surface area contributed by atoms with E-state index in [1.165, 1.54) is 10.7 Å². The molecule has 0 radical (unpaired) electrons. The van der Waals surface area contributed by atoms with E-state index in [-0.39, 0.29) is 18.2 Å². The van der Waals surface area contributed by atoms with Crippen molar-refractivity contribution in [2.24, 2.45) is 5.11 Å². The molecule has 12 heteroatoms. The second kappa shape index (κ2) is 11.9. The lowest BCUT2D eigenvalue weighted by Gasteiger charge is -2.40. The topological polar surface area (TPSA) is 152 Å². The average molecular weight is 564 g/mol. The third-order valence-corrected chi connectivity index (χ3v) is 7.15. The van der Waals surface area contributed by atoms with Crippen molar-refractivity contribution >= 4 is 23.6 Å². The number of alkyl carbamates (subject to hydrolysis) is 1. The lowest BCUT2D eigenvalue weighted by Crippen LogP contribution is -2.44. The number of hydrogen-bond donors (Lipinski definition) is 1. The van der Waals surface area contributed by atoms with Gasteiger partial charge in [-0.15, -0.1) is 0 Å². The van der Waals surface area contributed by atoms with Gasteiger partial charge in [0.15, 0.2) is 0 Å². The molecule has 2 amide bonds. The number of carbonyl (C=O) groups is 2. The highest BCUT2D eigenvalue weighted by molar-refractivity contribution is 6.30. The van der Waals surface area contributed by atoms with Crippen LogP contribution in [0.5, 0.6) is 0 Å². The largest absolute Gasteiger partial charge is 0.449 e. The van der Waals surface area contributed by atoms with Crippen LogP contribution in [-0.2, 0) is 10.2 Å². The predicted octanol–water partition coefficient (Wildman–Crippen LogP) is 5.99. The number of amides is 2. The van der Waals surface area contributed by atoms with E-state index in [4.69, 9.17) is 21.9 Å². The van der Waals surface area contributed by atoms with Crippen molar-refractivity contribution < 1.29 is 14.3 Å². The van der Waals surface area contributed by atoms with Crippen LogP contribution in [0.25, 0.3) is 21.7 Å². The number of nitrogens with one attached hydrogen (secondary N) is 1. The molecular formula is C28H30ClN7O4. The summed E-state index contributed by atoms with van der Waals surface area (Å²) in [6.45, 7) is 5.74. The maximum atomic E-state index is 13.4. The molecule has 1 N–H and O–H groups in total. The van der Waals surface area contributed by atoms with E-state index in [1.807, 2.05) is 39.0 Å². The molecule has 1 aromatic carbocycles. The van der Waals surface area contributed by atoms with Gasteiger partial charge >= 0.3 is 6.09 Å². The van der Waals surface area contributed by atoms with Gasteiger partial charge in [0, 0.05) is 38.8 Å². The van der Waals surface area contributed by atoms with Gasteiger partial charge in [0.25, 0.3) is 11.5 Å². The highest BCUT2D eigenvalue weighted by Crippen LogP contribution is 2.44. The highest BCUT2D eigenvalue weighted by atomic mass is 35.5. The number of hydrogen-bond acceptors (Lipinski definition) is 6. The Balaban J connectivity index is 1.67. The van der Waals surface area contributed by atoms with Crippen LogP contribution in [0, 0.1) is 0 Å². The Kier molecular flexibility index (Phi) is 8.56. The molecule has 208 valence electrons. The summed E-state index contributed by atoms with van der Waals surface area (Å²) in [4.78, 5) is 45.1. The minimum absolute atomic E-state index is 0.126. The number of carbonyl (C=O) groups excluding carboxylic acids is 2. The summed E-state index contributed by atoms with van der Waals surface area (Å²) in [6, 6.07) is 11.9. The van der Waals surface area contributed by atoms with Crippen molar-refractivity contribution in [3.05, 3.63) is 91.8 Å². The first kappa shape index (κ1) is 28.8. The van der Waals surface area contributed by atoms with Crippen LogP contribution in [0.15, 0.2) is 64.8 Å². The standard InChI is InChI=1S/C28H30ClN7O4/c1-27(2,3)32-26(39)40-17-28(19-7-4-8-20(29)14-19)11-9-21(10-12-28)36-25(38)22(24(37)33-35-30)15-23(34-36)18-6-5-13-31-16-18/h4-8,13-16,21H,9-12,17H2,1-3H3,(H,32,39). The number of pyridine rings is 1. The molecule has 0 spiro atoms. The van der Waals surface area contributed by atoms with Crippen molar-refractivity contribution in [3.8, 4) is 11.3 Å². The van der Waals surface area contributed by atoms with Gasteiger partial charge in [-0.1, -0.05) is 23.7 Å². The van der Waals surface area contributed by atoms with Gasteiger partial charge < -0.3 is 10.1 Å². The van der Waals surface area contributed by atoms with E-state index in [2.05, 4.69) is 25.4 Å². The Bertz CT molecular complexity index is 1500. The second-order valence-corrected chi connectivity index (χ2v) is 11.3. The zero-order valence-electron chi connectivity index (χ0n) is 22.5. The number of aromatic nitrogens is 3. The Morgan fingerprint density at radius 3 is 2.60 bits per heavy atom.